The Morgan fingerprint density at radius 2 is 2.25 bits per heavy atom. The van der Waals surface area contributed by atoms with Crippen molar-refractivity contribution in [1.82, 2.24) is 19.7 Å². The number of nitrogens with zero attached hydrogens (tertiary/aromatic N) is 3. The van der Waals surface area contributed by atoms with E-state index in [4.69, 9.17) is 17.0 Å². The fourth-order valence-electron chi connectivity index (χ4n) is 1.75. The minimum atomic E-state index is 0.656. The predicted octanol–water partition coefficient (Wildman–Crippen LogP) is 0.959. The van der Waals surface area contributed by atoms with E-state index in [1.54, 1.807) is 0 Å². The third-order valence-electron chi connectivity index (χ3n) is 2.62. The first-order valence-electron chi connectivity index (χ1n) is 5.36. The molecule has 1 aromatic heterocycles. The summed E-state index contributed by atoms with van der Waals surface area (Å²) < 4.78 is 7.93. The summed E-state index contributed by atoms with van der Waals surface area (Å²) in [5.41, 5.74) is 0. The molecule has 1 aromatic rings. The van der Waals surface area contributed by atoms with Crippen LogP contribution < -0.4 is 0 Å². The SMILES string of the molecule is C=CCn1c(CN2CCOCC2)n[nH]c1=S. The van der Waals surface area contributed by atoms with E-state index in [9.17, 15) is 0 Å². The molecule has 0 unspecified atom stereocenters. The van der Waals surface area contributed by atoms with E-state index in [1.165, 1.54) is 0 Å². The predicted molar refractivity (Wildman–Crippen MR) is 63.7 cm³/mol. The molecule has 6 heteroatoms. The number of allylic oxidation sites excluding steroid dienone is 1. The van der Waals surface area contributed by atoms with Crippen LogP contribution in [0.2, 0.25) is 0 Å². The van der Waals surface area contributed by atoms with Crippen LogP contribution in [0, 0.1) is 4.77 Å². The molecular weight excluding hydrogens is 224 g/mol. The number of hydrogen-bond acceptors (Lipinski definition) is 4. The third kappa shape index (κ3) is 2.58. The third-order valence-corrected chi connectivity index (χ3v) is 2.93. The summed E-state index contributed by atoms with van der Waals surface area (Å²) in [6.45, 7) is 8.74. The van der Waals surface area contributed by atoms with Crippen molar-refractivity contribution in [3.8, 4) is 0 Å². The normalized spacial score (nSPS) is 17.5. The van der Waals surface area contributed by atoms with Crippen LogP contribution in [0.5, 0.6) is 0 Å². The molecule has 0 spiro atoms. The van der Waals surface area contributed by atoms with Crippen LogP contribution in [0.15, 0.2) is 12.7 Å². The zero-order chi connectivity index (χ0) is 11.4. The molecule has 0 atom stereocenters. The minimum Gasteiger partial charge on any atom is -0.379 e. The lowest BCUT2D eigenvalue weighted by Crippen LogP contribution is -2.36. The fraction of sp³-hybridized carbons (Fsp3) is 0.600. The first kappa shape index (κ1) is 11.5. The molecule has 0 aliphatic carbocycles. The van der Waals surface area contributed by atoms with E-state index in [1.807, 2.05) is 10.6 Å². The topological polar surface area (TPSA) is 46.1 Å². The molecule has 1 fully saturated rings. The van der Waals surface area contributed by atoms with Gasteiger partial charge in [-0.25, -0.2) is 0 Å². The molecule has 2 heterocycles. The van der Waals surface area contributed by atoms with Crippen molar-refractivity contribution in [2.24, 2.45) is 0 Å². The van der Waals surface area contributed by atoms with Gasteiger partial charge in [-0.3, -0.25) is 14.6 Å². The van der Waals surface area contributed by atoms with Crippen molar-refractivity contribution in [3.63, 3.8) is 0 Å². The number of aromatic nitrogens is 3. The minimum absolute atomic E-state index is 0.656. The molecule has 1 aliphatic heterocycles. The van der Waals surface area contributed by atoms with Gasteiger partial charge in [-0.05, 0) is 12.2 Å². The molecule has 88 valence electrons. The lowest BCUT2D eigenvalue weighted by Gasteiger charge is -2.25. The molecule has 0 saturated carbocycles. The molecule has 0 amide bonds. The van der Waals surface area contributed by atoms with Gasteiger partial charge in [0.25, 0.3) is 0 Å². The Balaban J connectivity index is 2.07. The zero-order valence-corrected chi connectivity index (χ0v) is 10.0. The second kappa shape index (κ2) is 5.38. The molecule has 16 heavy (non-hydrogen) atoms. The van der Waals surface area contributed by atoms with Crippen LogP contribution in [-0.2, 0) is 17.8 Å². The fourth-order valence-corrected chi connectivity index (χ4v) is 1.97. The van der Waals surface area contributed by atoms with E-state index >= 15 is 0 Å². The van der Waals surface area contributed by atoms with Crippen molar-refractivity contribution < 1.29 is 4.74 Å². The van der Waals surface area contributed by atoms with Gasteiger partial charge < -0.3 is 4.74 Å². The first-order valence-corrected chi connectivity index (χ1v) is 5.77. The summed E-state index contributed by atoms with van der Waals surface area (Å²) in [7, 11) is 0. The van der Waals surface area contributed by atoms with E-state index in [0.717, 1.165) is 38.7 Å². The molecular formula is C10H16N4OS. The average Bonchev–Trinajstić information content (AvgIpc) is 2.64. The molecule has 2 rings (SSSR count). The summed E-state index contributed by atoms with van der Waals surface area (Å²) in [4.78, 5) is 2.31. The van der Waals surface area contributed by atoms with Crippen LogP contribution >= 0.6 is 12.2 Å². The molecule has 0 aromatic carbocycles. The number of ether oxygens (including phenoxy) is 1. The second-order valence-corrected chi connectivity index (χ2v) is 4.12. The summed E-state index contributed by atoms with van der Waals surface area (Å²) in [5, 5.41) is 7.07. The maximum absolute atomic E-state index is 5.31. The van der Waals surface area contributed by atoms with E-state index in [2.05, 4.69) is 21.7 Å². The number of H-pyrrole nitrogens is 1. The van der Waals surface area contributed by atoms with Gasteiger partial charge in [0, 0.05) is 19.6 Å². The Kier molecular flexibility index (Phi) is 3.87. The second-order valence-electron chi connectivity index (χ2n) is 3.73. The number of aromatic amines is 1. The van der Waals surface area contributed by atoms with Crippen molar-refractivity contribution in [1.29, 1.82) is 0 Å². The first-order chi connectivity index (χ1) is 7.81. The summed E-state index contributed by atoms with van der Waals surface area (Å²) in [6, 6.07) is 0. The Hall–Kier alpha value is -0.980. The molecule has 0 radical (unpaired) electrons. The van der Waals surface area contributed by atoms with Crippen LogP contribution in [0.4, 0.5) is 0 Å². The van der Waals surface area contributed by atoms with Gasteiger partial charge in [-0.2, -0.15) is 5.10 Å². The molecule has 0 bridgehead atoms. The Morgan fingerprint density at radius 1 is 1.50 bits per heavy atom. The Bertz CT molecular complexity index is 405. The number of rotatable bonds is 4. The molecule has 1 N–H and O–H groups in total. The molecule has 5 nitrogen and oxygen atoms in total. The van der Waals surface area contributed by atoms with Gasteiger partial charge in [0.1, 0.15) is 5.82 Å². The van der Waals surface area contributed by atoms with Crippen LogP contribution in [-0.4, -0.2) is 46.0 Å². The maximum Gasteiger partial charge on any atom is 0.195 e. The van der Waals surface area contributed by atoms with E-state index in [-0.39, 0.29) is 0 Å². The Morgan fingerprint density at radius 3 is 2.94 bits per heavy atom. The highest BCUT2D eigenvalue weighted by atomic mass is 32.1. The highest BCUT2D eigenvalue weighted by Gasteiger charge is 2.14. The van der Waals surface area contributed by atoms with Gasteiger partial charge in [-0.1, -0.05) is 6.08 Å². The quantitative estimate of drug-likeness (QED) is 0.629. The van der Waals surface area contributed by atoms with Crippen molar-refractivity contribution in [2.75, 3.05) is 26.3 Å². The smallest absolute Gasteiger partial charge is 0.195 e. The van der Waals surface area contributed by atoms with Gasteiger partial charge in [0.2, 0.25) is 0 Å². The standard InChI is InChI=1S/C10H16N4OS/c1-2-3-14-9(11-12-10(14)16)8-13-4-6-15-7-5-13/h2H,1,3-8H2,(H,12,16). The zero-order valence-electron chi connectivity index (χ0n) is 9.19. The van der Waals surface area contributed by atoms with Crippen molar-refractivity contribution in [3.05, 3.63) is 23.3 Å². The number of morpholine rings is 1. The molecule has 1 aliphatic rings. The highest BCUT2D eigenvalue weighted by molar-refractivity contribution is 7.71. The summed E-state index contributed by atoms with van der Waals surface area (Å²) >= 11 is 5.16. The maximum atomic E-state index is 5.31. The largest absolute Gasteiger partial charge is 0.379 e. The monoisotopic (exact) mass is 240 g/mol. The lowest BCUT2D eigenvalue weighted by molar-refractivity contribution is 0.0326. The number of nitrogens with one attached hydrogen (secondary N) is 1. The van der Waals surface area contributed by atoms with E-state index < -0.39 is 0 Å². The van der Waals surface area contributed by atoms with E-state index in [0.29, 0.717) is 11.3 Å². The highest BCUT2D eigenvalue weighted by Crippen LogP contribution is 2.05. The van der Waals surface area contributed by atoms with Crippen LogP contribution in [0.25, 0.3) is 0 Å². The van der Waals surface area contributed by atoms with Gasteiger partial charge >= 0.3 is 0 Å². The lowest BCUT2D eigenvalue weighted by atomic mass is 10.4. The average molecular weight is 240 g/mol. The summed E-state index contributed by atoms with van der Waals surface area (Å²) in [6.07, 6.45) is 1.83. The van der Waals surface area contributed by atoms with Crippen molar-refractivity contribution >= 4 is 12.2 Å². The van der Waals surface area contributed by atoms with Crippen molar-refractivity contribution in [2.45, 2.75) is 13.1 Å². The molecule has 1 saturated heterocycles. The Labute approximate surface area is 99.7 Å². The number of hydrogen-bond donors (Lipinski definition) is 1. The van der Waals surface area contributed by atoms with Crippen LogP contribution in [0.3, 0.4) is 0 Å². The van der Waals surface area contributed by atoms with Gasteiger partial charge in [-0.15, -0.1) is 6.58 Å². The summed E-state index contributed by atoms with van der Waals surface area (Å²) in [5.74, 6) is 0.965. The van der Waals surface area contributed by atoms with Gasteiger partial charge in [0.05, 0.1) is 19.8 Å². The van der Waals surface area contributed by atoms with Gasteiger partial charge in [0.15, 0.2) is 4.77 Å². The van der Waals surface area contributed by atoms with Crippen LogP contribution in [0.1, 0.15) is 5.82 Å².